The summed E-state index contributed by atoms with van der Waals surface area (Å²) < 4.78 is 0. The van der Waals surface area contributed by atoms with Crippen LogP contribution in [0.2, 0.25) is 0 Å². The molecule has 1 aliphatic rings. The van der Waals surface area contributed by atoms with E-state index in [-0.39, 0.29) is 0 Å². The Morgan fingerprint density at radius 2 is 1.89 bits per heavy atom. The SMILES string of the molecule is CC(CCNC1CCC(C)C1C)c1ccccc1. The average Bonchev–Trinajstić information content (AvgIpc) is 2.71. The lowest BCUT2D eigenvalue weighted by atomic mass is 9.96. The fraction of sp³-hybridized carbons (Fsp3) is 0.647. The van der Waals surface area contributed by atoms with Gasteiger partial charge in [0.1, 0.15) is 0 Å². The summed E-state index contributed by atoms with van der Waals surface area (Å²) in [4.78, 5) is 0. The van der Waals surface area contributed by atoms with E-state index in [0.29, 0.717) is 5.92 Å². The third-order valence-corrected chi connectivity index (χ3v) is 4.82. The summed E-state index contributed by atoms with van der Waals surface area (Å²) in [6, 6.07) is 11.6. The normalized spacial score (nSPS) is 29.4. The maximum atomic E-state index is 3.76. The van der Waals surface area contributed by atoms with Gasteiger partial charge in [-0.1, -0.05) is 51.1 Å². The van der Waals surface area contributed by atoms with Crippen molar-refractivity contribution in [1.82, 2.24) is 5.32 Å². The van der Waals surface area contributed by atoms with Crippen LogP contribution in [0.1, 0.15) is 51.5 Å². The Bertz CT molecular complexity index is 346. The van der Waals surface area contributed by atoms with Crippen LogP contribution in [-0.2, 0) is 0 Å². The Labute approximate surface area is 112 Å². The Kier molecular flexibility index (Phi) is 4.82. The van der Waals surface area contributed by atoms with Crippen LogP contribution in [0.5, 0.6) is 0 Å². The predicted molar refractivity (Wildman–Crippen MR) is 78.8 cm³/mol. The summed E-state index contributed by atoms with van der Waals surface area (Å²) in [5.74, 6) is 2.40. The van der Waals surface area contributed by atoms with Gasteiger partial charge in [0.15, 0.2) is 0 Å². The maximum absolute atomic E-state index is 3.76. The van der Waals surface area contributed by atoms with E-state index >= 15 is 0 Å². The number of hydrogen-bond acceptors (Lipinski definition) is 1. The molecule has 1 saturated carbocycles. The lowest BCUT2D eigenvalue weighted by Crippen LogP contribution is -2.33. The van der Waals surface area contributed by atoms with E-state index in [4.69, 9.17) is 0 Å². The van der Waals surface area contributed by atoms with Crippen LogP contribution in [0.25, 0.3) is 0 Å². The van der Waals surface area contributed by atoms with Gasteiger partial charge in [0, 0.05) is 6.04 Å². The minimum absolute atomic E-state index is 0.660. The van der Waals surface area contributed by atoms with E-state index in [0.717, 1.165) is 24.4 Å². The third-order valence-electron chi connectivity index (χ3n) is 4.82. The summed E-state index contributed by atoms with van der Waals surface area (Å²) in [7, 11) is 0. The molecule has 4 atom stereocenters. The first-order chi connectivity index (χ1) is 8.68. The molecule has 1 aromatic carbocycles. The molecule has 0 amide bonds. The zero-order valence-corrected chi connectivity index (χ0v) is 12.0. The molecule has 0 aliphatic heterocycles. The van der Waals surface area contributed by atoms with Crippen molar-refractivity contribution in [2.45, 2.75) is 52.0 Å². The Balaban J connectivity index is 1.73. The van der Waals surface area contributed by atoms with Crippen LogP contribution in [0.3, 0.4) is 0 Å². The summed E-state index contributed by atoms with van der Waals surface area (Å²) in [5.41, 5.74) is 1.46. The lowest BCUT2D eigenvalue weighted by Gasteiger charge is -2.21. The minimum Gasteiger partial charge on any atom is -0.314 e. The second-order valence-corrected chi connectivity index (χ2v) is 6.07. The Hall–Kier alpha value is -0.820. The number of rotatable bonds is 5. The highest BCUT2D eigenvalue weighted by Crippen LogP contribution is 2.31. The monoisotopic (exact) mass is 245 g/mol. The second kappa shape index (κ2) is 6.38. The van der Waals surface area contributed by atoms with Gasteiger partial charge in [-0.2, -0.15) is 0 Å². The molecule has 0 saturated heterocycles. The first kappa shape index (κ1) is 13.6. The fourth-order valence-corrected chi connectivity index (χ4v) is 3.09. The number of nitrogens with one attached hydrogen (secondary N) is 1. The number of benzene rings is 1. The molecule has 100 valence electrons. The van der Waals surface area contributed by atoms with Crippen LogP contribution in [0, 0.1) is 11.8 Å². The van der Waals surface area contributed by atoms with Crippen molar-refractivity contribution < 1.29 is 0 Å². The van der Waals surface area contributed by atoms with Gasteiger partial charge < -0.3 is 5.32 Å². The quantitative estimate of drug-likeness (QED) is 0.819. The van der Waals surface area contributed by atoms with Crippen LogP contribution in [-0.4, -0.2) is 12.6 Å². The van der Waals surface area contributed by atoms with Gasteiger partial charge in [0.05, 0.1) is 0 Å². The first-order valence-corrected chi connectivity index (χ1v) is 7.47. The van der Waals surface area contributed by atoms with Crippen molar-refractivity contribution >= 4 is 0 Å². The Morgan fingerprint density at radius 1 is 1.17 bits per heavy atom. The summed E-state index contributed by atoms with van der Waals surface area (Å²) in [6.07, 6.45) is 4.00. The van der Waals surface area contributed by atoms with E-state index in [2.05, 4.69) is 56.4 Å². The molecule has 2 rings (SSSR count). The van der Waals surface area contributed by atoms with Gasteiger partial charge in [-0.25, -0.2) is 0 Å². The van der Waals surface area contributed by atoms with Gasteiger partial charge in [-0.3, -0.25) is 0 Å². The van der Waals surface area contributed by atoms with Crippen LogP contribution in [0.4, 0.5) is 0 Å². The molecule has 1 N–H and O–H groups in total. The summed E-state index contributed by atoms with van der Waals surface area (Å²) >= 11 is 0. The van der Waals surface area contributed by atoms with Crippen LogP contribution >= 0.6 is 0 Å². The van der Waals surface area contributed by atoms with Crippen molar-refractivity contribution in [3.05, 3.63) is 35.9 Å². The molecular formula is C17H27N. The van der Waals surface area contributed by atoms with E-state index in [1.54, 1.807) is 0 Å². The van der Waals surface area contributed by atoms with Crippen molar-refractivity contribution in [3.8, 4) is 0 Å². The highest BCUT2D eigenvalue weighted by molar-refractivity contribution is 5.18. The van der Waals surface area contributed by atoms with E-state index in [9.17, 15) is 0 Å². The van der Waals surface area contributed by atoms with Gasteiger partial charge in [0.25, 0.3) is 0 Å². The van der Waals surface area contributed by atoms with Crippen molar-refractivity contribution in [1.29, 1.82) is 0 Å². The van der Waals surface area contributed by atoms with E-state index in [1.165, 1.54) is 24.8 Å². The predicted octanol–water partition coefficient (Wildman–Crippen LogP) is 4.20. The maximum Gasteiger partial charge on any atom is 0.00953 e. The van der Waals surface area contributed by atoms with Crippen LogP contribution < -0.4 is 5.32 Å². The van der Waals surface area contributed by atoms with E-state index < -0.39 is 0 Å². The highest BCUT2D eigenvalue weighted by Gasteiger charge is 2.28. The standard InChI is InChI=1S/C17H27N/c1-13-9-10-17(15(13)3)18-12-11-14(2)16-7-5-4-6-8-16/h4-8,13-15,17-18H,9-12H2,1-3H3. The molecule has 0 radical (unpaired) electrons. The molecule has 0 spiro atoms. The third kappa shape index (κ3) is 3.35. The summed E-state index contributed by atoms with van der Waals surface area (Å²) in [5, 5.41) is 3.76. The van der Waals surface area contributed by atoms with Crippen LogP contribution in [0.15, 0.2) is 30.3 Å². The Morgan fingerprint density at radius 3 is 2.50 bits per heavy atom. The zero-order valence-electron chi connectivity index (χ0n) is 12.0. The van der Waals surface area contributed by atoms with Gasteiger partial charge in [-0.05, 0) is 49.1 Å². The topological polar surface area (TPSA) is 12.0 Å². The molecule has 4 unspecified atom stereocenters. The van der Waals surface area contributed by atoms with Crippen molar-refractivity contribution in [3.63, 3.8) is 0 Å². The summed E-state index contributed by atoms with van der Waals surface area (Å²) in [6.45, 7) is 8.27. The van der Waals surface area contributed by atoms with Crippen molar-refractivity contribution in [2.24, 2.45) is 11.8 Å². The second-order valence-electron chi connectivity index (χ2n) is 6.07. The zero-order chi connectivity index (χ0) is 13.0. The van der Waals surface area contributed by atoms with Gasteiger partial charge in [0.2, 0.25) is 0 Å². The molecule has 0 heterocycles. The molecule has 1 nitrogen and oxygen atoms in total. The fourth-order valence-electron chi connectivity index (χ4n) is 3.09. The molecule has 1 fully saturated rings. The molecule has 1 aromatic rings. The molecule has 0 bridgehead atoms. The smallest absolute Gasteiger partial charge is 0.00953 e. The van der Waals surface area contributed by atoms with E-state index in [1.807, 2.05) is 0 Å². The van der Waals surface area contributed by atoms with Crippen molar-refractivity contribution in [2.75, 3.05) is 6.54 Å². The first-order valence-electron chi connectivity index (χ1n) is 7.47. The lowest BCUT2D eigenvalue weighted by molar-refractivity contribution is 0.366. The van der Waals surface area contributed by atoms with Gasteiger partial charge in [-0.15, -0.1) is 0 Å². The molecule has 18 heavy (non-hydrogen) atoms. The molecule has 0 aromatic heterocycles. The molecule has 1 heteroatoms. The number of hydrogen-bond donors (Lipinski definition) is 1. The minimum atomic E-state index is 0.660. The molecular weight excluding hydrogens is 218 g/mol. The largest absolute Gasteiger partial charge is 0.314 e. The average molecular weight is 245 g/mol. The van der Waals surface area contributed by atoms with Gasteiger partial charge >= 0.3 is 0 Å². The highest BCUT2D eigenvalue weighted by atomic mass is 14.9. The molecule has 1 aliphatic carbocycles.